The zero-order chi connectivity index (χ0) is 12.6. The fourth-order valence-corrected chi connectivity index (χ4v) is 1.39. The molecule has 0 amide bonds. The predicted octanol–water partition coefficient (Wildman–Crippen LogP) is 2.35. The molecule has 1 aromatic heterocycles. The summed E-state index contributed by atoms with van der Waals surface area (Å²) in [6.07, 6.45) is -3.52. The fourth-order valence-electron chi connectivity index (χ4n) is 1.39. The van der Waals surface area contributed by atoms with Crippen LogP contribution in [0.2, 0.25) is 0 Å². The lowest BCUT2D eigenvalue weighted by Gasteiger charge is -2.09. The molecule has 0 unspecified atom stereocenters. The number of alkyl halides is 3. The maximum absolute atomic E-state index is 12.6. The van der Waals surface area contributed by atoms with Crippen molar-refractivity contribution in [2.45, 2.75) is 6.18 Å². The molecule has 1 N–H and O–H groups in total. The van der Waals surface area contributed by atoms with Gasteiger partial charge >= 0.3 is 12.1 Å². The summed E-state index contributed by atoms with van der Waals surface area (Å²) in [4.78, 5) is 17.5. The van der Waals surface area contributed by atoms with E-state index in [0.717, 1.165) is 12.3 Å². The van der Waals surface area contributed by atoms with Gasteiger partial charge in [-0.1, -0.05) is 12.1 Å². The molecule has 7 heteroatoms. The van der Waals surface area contributed by atoms with Crippen LogP contribution in [0.4, 0.5) is 13.2 Å². The van der Waals surface area contributed by atoms with E-state index >= 15 is 0 Å². The molecule has 0 aliphatic carbocycles. The van der Waals surface area contributed by atoms with Crippen LogP contribution < -0.4 is 0 Å². The third-order valence-corrected chi connectivity index (χ3v) is 2.11. The van der Waals surface area contributed by atoms with Crippen molar-refractivity contribution in [1.82, 2.24) is 9.97 Å². The zero-order valence-electron chi connectivity index (χ0n) is 8.19. The van der Waals surface area contributed by atoms with Crippen LogP contribution in [0.3, 0.4) is 0 Å². The van der Waals surface area contributed by atoms with E-state index < -0.39 is 29.1 Å². The maximum atomic E-state index is 12.6. The van der Waals surface area contributed by atoms with Gasteiger partial charge in [-0.05, 0) is 6.07 Å². The van der Waals surface area contributed by atoms with Crippen molar-refractivity contribution in [3.8, 4) is 0 Å². The predicted molar refractivity (Wildman–Crippen MR) is 51.5 cm³/mol. The SMILES string of the molecule is O=C(O)c1ncc2cccc(C(F)(F)F)c2n1. The van der Waals surface area contributed by atoms with Crippen LogP contribution >= 0.6 is 0 Å². The molecule has 0 saturated heterocycles. The van der Waals surface area contributed by atoms with Gasteiger partial charge in [0.1, 0.15) is 0 Å². The number of aromatic nitrogens is 2. The first-order chi connectivity index (χ1) is 7.89. The number of benzene rings is 1. The molecule has 0 radical (unpaired) electrons. The Morgan fingerprint density at radius 1 is 1.29 bits per heavy atom. The van der Waals surface area contributed by atoms with Crippen LogP contribution in [0.25, 0.3) is 10.9 Å². The Balaban J connectivity index is 2.77. The Morgan fingerprint density at radius 3 is 2.59 bits per heavy atom. The minimum Gasteiger partial charge on any atom is -0.475 e. The van der Waals surface area contributed by atoms with E-state index in [9.17, 15) is 18.0 Å². The number of carbonyl (C=O) groups is 1. The Morgan fingerprint density at radius 2 is 2.00 bits per heavy atom. The first kappa shape index (κ1) is 11.3. The molecular formula is C10H5F3N2O2. The van der Waals surface area contributed by atoms with Crippen LogP contribution in [0, 0.1) is 0 Å². The Bertz CT molecular complexity index is 596. The summed E-state index contributed by atoms with van der Waals surface area (Å²) in [5.74, 6) is -2.13. The quantitative estimate of drug-likeness (QED) is 0.833. The van der Waals surface area contributed by atoms with Gasteiger partial charge in [-0.2, -0.15) is 13.2 Å². The summed E-state index contributed by atoms with van der Waals surface area (Å²) in [5.41, 5.74) is -1.38. The van der Waals surface area contributed by atoms with Crippen LogP contribution in [0.15, 0.2) is 24.4 Å². The molecule has 0 saturated carbocycles. The van der Waals surface area contributed by atoms with E-state index in [1.165, 1.54) is 12.1 Å². The molecule has 17 heavy (non-hydrogen) atoms. The topological polar surface area (TPSA) is 63.1 Å². The first-order valence-corrected chi connectivity index (χ1v) is 4.46. The van der Waals surface area contributed by atoms with Gasteiger partial charge < -0.3 is 5.11 Å². The van der Waals surface area contributed by atoms with Gasteiger partial charge in [-0.3, -0.25) is 0 Å². The standard InChI is InChI=1S/C10H5F3N2O2/c11-10(12,13)6-3-1-2-5-4-14-8(9(16)17)15-7(5)6/h1-4H,(H,16,17). The van der Waals surface area contributed by atoms with E-state index in [1.807, 2.05) is 0 Å². The number of para-hydroxylation sites is 1. The number of carboxylic acids is 1. The molecule has 0 bridgehead atoms. The van der Waals surface area contributed by atoms with Gasteiger partial charge in [0.2, 0.25) is 5.82 Å². The molecule has 0 aliphatic heterocycles. The highest BCUT2D eigenvalue weighted by molar-refractivity contribution is 5.88. The van der Waals surface area contributed by atoms with Crippen LogP contribution in [0.5, 0.6) is 0 Å². The molecule has 2 aromatic rings. The summed E-state index contributed by atoms with van der Waals surface area (Å²) >= 11 is 0. The number of aromatic carboxylic acids is 1. The molecule has 0 atom stereocenters. The molecular weight excluding hydrogens is 237 g/mol. The number of halogens is 3. The molecule has 0 aliphatic rings. The van der Waals surface area contributed by atoms with Gasteiger partial charge in [0.15, 0.2) is 0 Å². The lowest BCUT2D eigenvalue weighted by Crippen LogP contribution is -2.09. The fraction of sp³-hybridized carbons (Fsp3) is 0.100. The van der Waals surface area contributed by atoms with E-state index in [0.29, 0.717) is 0 Å². The third-order valence-electron chi connectivity index (χ3n) is 2.11. The van der Waals surface area contributed by atoms with Gasteiger partial charge in [-0.25, -0.2) is 14.8 Å². The van der Waals surface area contributed by atoms with Crippen molar-refractivity contribution >= 4 is 16.9 Å². The highest BCUT2D eigenvalue weighted by Gasteiger charge is 2.33. The number of rotatable bonds is 1. The van der Waals surface area contributed by atoms with Crippen LogP contribution in [0.1, 0.15) is 16.2 Å². The van der Waals surface area contributed by atoms with Crippen molar-refractivity contribution in [1.29, 1.82) is 0 Å². The zero-order valence-corrected chi connectivity index (χ0v) is 8.19. The first-order valence-electron chi connectivity index (χ1n) is 4.46. The van der Waals surface area contributed by atoms with Gasteiger partial charge in [0.25, 0.3) is 0 Å². The Hall–Kier alpha value is -2.18. The number of fused-ring (bicyclic) bond motifs is 1. The number of carboxylic acid groups (broad SMARTS) is 1. The third kappa shape index (κ3) is 2.03. The lowest BCUT2D eigenvalue weighted by atomic mass is 10.1. The molecule has 4 nitrogen and oxygen atoms in total. The second-order valence-corrected chi connectivity index (χ2v) is 3.24. The summed E-state index contributed by atoms with van der Waals surface area (Å²) < 4.78 is 37.9. The molecule has 1 aromatic carbocycles. The van der Waals surface area contributed by atoms with Gasteiger partial charge in [0.05, 0.1) is 11.1 Å². The summed E-state index contributed by atoms with van der Waals surface area (Å²) in [6.45, 7) is 0. The summed E-state index contributed by atoms with van der Waals surface area (Å²) in [6, 6.07) is 3.45. The van der Waals surface area contributed by atoms with Gasteiger partial charge in [-0.15, -0.1) is 0 Å². The van der Waals surface area contributed by atoms with Crippen molar-refractivity contribution in [3.05, 3.63) is 35.8 Å². The summed E-state index contributed by atoms with van der Waals surface area (Å²) in [7, 11) is 0. The Labute approximate surface area is 92.7 Å². The molecule has 0 spiro atoms. The monoisotopic (exact) mass is 242 g/mol. The van der Waals surface area contributed by atoms with Crippen molar-refractivity contribution in [2.24, 2.45) is 0 Å². The van der Waals surface area contributed by atoms with Crippen LogP contribution in [-0.4, -0.2) is 21.0 Å². The minimum absolute atomic E-state index is 0.143. The normalized spacial score (nSPS) is 11.7. The van der Waals surface area contributed by atoms with E-state index in [-0.39, 0.29) is 5.39 Å². The molecule has 1 heterocycles. The van der Waals surface area contributed by atoms with Crippen molar-refractivity contribution < 1.29 is 23.1 Å². The van der Waals surface area contributed by atoms with Crippen LogP contribution in [-0.2, 0) is 6.18 Å². The second-order valence-electron chi connectivity index (χ2n) is 3.24. The van der Waals surface area contributed by atoms with Crippen molar-refractivity contribution in [3.63, 3.8) is 0 Å². The van der Waals surface area contributed by atoms with E-state index in [4.69, 9.17) is 5.11 Å². The average molecular weight is 242 g/mol. The lowest BCUT2D eigenvalue weighted by molar-refractivity contribution is -0.136. The van der Waals surface area contributed by atoms with E-state index in [2.05, 4.69) is 9.97 Å². The molecule has 88 valence electrons. The van der Waals surface area contributed by atoms with Gasteiger partial charge in [0, 0.05) is 11.6 Å². The minimum atomic E-state index is -4.58. The highest BCUT2D eigenvalue weighted by Crippen LogP contribution is 2.33. The maximum Gasteiger partial charge on any atom is 0.418 e. The number of hydrogen-bond acceptors (Lipinski definition) is 3. The smallest absolute Gasteiger partial charge is 0.418 e. The number of hydrogen-bond donors (Lipinski definition) is 1. The van der Waals surface area contributed by atoms with E-state index in [1.54, 1.807) is 0 Å². The highest BCUT2D eigenvalue weighted by atomic mass is 19.4. The summed E-state index contributed by atoms with van der Waals surface area (Å²) in [5, 5.41) is 8.78. The molecule has 0 fully saturated rings. The Kier molecular flexibility index (Phi) is 2.45. The molecule has 2 rings (SSSR count). The average Bonchev–Trinajstić information content (AvgIpc) is 2.26. The number of nitrogens with zero attached hydrogens (tertiary/aromatic N) is 2. The van der Waals surface area contributed by atoms with Crippen molar-refractivity contribution in [2.75, 3.05) is 0 Å². The second kappa shape index (κ2) is 3.69. The largest absolute Gasteiger partial charge is 0.475 e.